The summed E-state index contributed by atoms with van der Waals surface area (Å²) in [6.45, 7) is 0.875. The average molecular weight is 300 g/mol. The number of hydrogen-bond acceptors (Lipinski definition) is 2. The second-order valence-electron chi connectivity index (χ2n) is 7.95. The van der Waals surface area contributed by atoms with E-state index in [-0.39, 0.29) is 0 Å². The lowest BCUT2D eigenvalue weighted by atomic mass is 9.63. The van der Waals surface area contributed by atoms with Gasteiger partial charge in [-0.2, -0.15) is 0 Å². The summed E-state index contributed by atoms with van der Waals surface area (Å²) >= 11 is 0. The van der Waals surface area contributed by atoms with E-state index in [0.717, 1.165) is 19.4 Å². The van der Waals surface area contributed by atoms with E-state index in [1.807, 2.05) is 7.11 Å². The Labute approximate surface area is 133 Å². The van der Waals surface area contributed by atoms with Gasteiger partial charge in [0.25, 0.3) is 0 Å². The highest BCUT2D eigenvalue weighted by atomic mass is 16.5. The summed E-state index contributed by atoms with van der Waals surface area (Å²) < 4.78 is 5.54. The molecule has 2 nitrogen and oxygen atoms in total. The van der Waals surface area contributed by atoms with E-state index in [0.29, 0.717) is 17.3 Å². The fraction of sp³-hybridized carbons (Fsp3) is 0.700. The van der Waals surface area contributed by atoms with Crippen LogP contribution in [0.15, 0.2) is 24.3 Å². The third-order valence-electron chi connectivity index (χ3n) is 6.96. The van der Waals surface area contributed by atoms with Gasteiger partial charge in [-0.1, -0.05) is 37.1 Å². The van der Waals surface area contributed by atoms with Gasteiger partial charge in [0.15, 0.2) is 0 Å². The summed E-state index contributed by atoms with van der Waals surface area (Å²) in [5.74, 6) is 1.10. The minimum absolute atomic E-state index is 0.340. The molecule has 0 aliphatic heterocycles. The van der Waals surface area contributed by atoms with Gasteiger partial charge in [-0.3, -0.25) is 0 Å². The predicted octanol–water partition coefficient (Wildman–Crippen LogP) is 3.75. The zero-order valence-electron chi connectivity index (χ0n) is 13.7. The van der Waals surface area contributed by atoms with Crippen LogP contribution in [0, 0.1) is 17.3 Å². The summed E-state index contributed by atoms with van der Waals surface area (Å²) in [5.41, 5.74) is 2.56. The molecular formula is C20H28O2. The van der Waals surface area contributed by atoms with Gasteiger partial charge in [-0.05, 0) is 54.1 Å². The average Bonchev–Trinajstić information content (AvgIpc) is 3.18. The topological polar surface area (TPSA) is 29.5 Å². The summed E-state index contributed by atoms with van der Waals surface area (Å²) in [5, 5.41) is 11.6. The molecule has 0 saturated heterocycles. The maximum absolute atomic E-state index is 11.6. The van der Waals surface area contributed by atoms with E-state index in [1.165, 1.54) is 49.7 Å². The van der Waals surface area contributed by atoms with E-state index >= 15 is 0 Å². The number of ether oxygens (including phenoxy) is 1. The molecule has 0 radical (unpaired) electrons. The molecule has 4 rings (SSSR count). The molecule has 0 unspecified atom stereocenters. The Morgan fingerprint density at radius 2 is 1.73 bits per heavy atom. The standard InChI is InChI=1S/C20H28O2/c1-22-14-17-8-4-10-19(17)11-5-9-18(19)20(21)12-15-6-2-3-7-16(15)13-20/h2-3,6-7,17-18,21H,4-5,8-14H2,1H3/t17-,18+,19+/m0/s1. The van der Waals surface area contributed by atoms with Crippen LogP contribution in [-0.2, 0) is 17.6 Å². The minimum Gasteiger partial charge on any atom is -0.389 e. The molecular weight excluding hydrogens is 272 g/mol. The molecule has 1 aromatic carbocycles. The molecule has 3 aliphatic rings. The first kappa shape index (κ1) is 14.7. The lowest BCUT2D eigenvalue weighted by Crippen LogP contribution is -2.48. The largest absolute Gasteiger partial charge is 0.389 e. The van der Waals surface area contributed by atoms with E-state index < -0.39 is 5.60 Å². The minimum atomic E-state index is -0.517. The molecule has 0 bridgehead atoms. The molecule has 0 heterocycles. The van der Waals surface area contributed by atoms with Gasteiger partial charge < -0.3 is 9.84 Å². The van der Waals surface area contributed by atoms with Crippen molar-refractivity contribution in [3.05, 3.63) is 35.4 Å². The Bertz CT molecular complexity index is 523. The lowest BCUT2D eigenvalue weighted by molar-refractivity contribution is -0.0780. The molecule has 3 aliphatic carbocycles. The Kier molecular flexibility index (Phi) is 3.58. The zero-order valence-corrected chi connectivity index (χ0v) is 13.7. The summed E-state index contributed by atoms with van der Waals surface area (Å²) in [6, 6.07) is 8.63. The number of benzene rings is 1. The van der Waals surface area contributed by atoms with Gasteiger partial charge in [0.1, 0.15) is 0 Å². The van der Waals surface area contributed by atoms with Crippen LogP contribution in [-0.4, -0.2) is 24.4 Å². The molecule has 1 N–H and O–H groups in total. The highest BCUT2D eigenvalue weighted by Crippen LogP contribution is 2.62. The van der Waals surface area contributed by atoms with Crippen molar-refractivity contribution in [3.8, 4) is 0 Å². The van der Waals surface area contributed by atoms with Crippen LogP contribution >= 0.6 is 0 Å². The third kappa shape index (κ3) is 2.07. The van der Waals surface area contributed by atoms with E-state index in [1.54, 1.807) is 0 Å². The van der Waals surface area contributed by atoms with Gasteiger partial charge in [0, 0.05) is 26.6 Å². The van der Waals surface area contributed by atoms with Crippen molar-refractivity contribution in [2.75, 3.05) is 13.7 Å². The Morgan fingerprint density at radius 1 is 1.09 bits per heavy atom. The molecule has 0 amide bonds. The zero-order chi connectivity index (χ0) is 15.2. The van der Waals surface area contributed by atoms with Gasteiger partial charge in [0.05, 0.1) is 5.60 Å². The fourth-order valence-electron chi connectivity index (χ4n) is 6.18. The molecule has 1 spiro atoms. The van der Waals surface area contributed by atoms with Crippen molar-refractivity contribution in [1.29, 1.82) is 0 Å². The second kappa shape index (κ2) is 5.35. The van der Waals surface area contributed by atoms with Crippen LogP contribution < -0.4 is 0 Å². The molecule has 22 heavy (non-hydrogen) atoms. The highest BCUT2D eigenvalue weighted by Gasteiger charge is 2.58. The van der Waals surface area contributed by atoms with Crippen molar-refractivity contribution >= 4 is 0 Å². The van der Waals surface area contributed by atoms with Gasteiger partial charge >= 0.3 is 0 Å². The van der Waals surface area contributed by atoms with Crippen LogP contribution in [0.1, 0.15) is 49.7 Å². The number of methoxy groups -OCH3 is 1. The summed E-state index contributed by atoms with van der Waals surface area (Å²) in [4.78, 5) is 0. The van der Waals surface area contributed by atoms with Crippen molar-refractivity contribution in [1.82, 2.24) is 0 Å². The van der Waals surface area contributed by atoms with Gasteiger partial charge in [-0.15, -0.1) is 0 Å². The molecule has 0 aromatic heterocycles. The normalized spacial score (nSPS) is 36.1. The van der Waals surface area contributed by atoms with Crippen LogP contribution in [0.25, 0.3) is 0 Å². The summed E-state index contributed by atoms with van der Waals surface area (Å²) in [7, 11) is 1.83. The summed E-state index contributed by atoms with van der Waals surface area (Å²) in [6.07, 6.45) is 9.38. The van der Waals surface area contributed by atoms with Crippen LogP contribution in [0.4, 0.5) is 0 Å². The van der Waals surface area contributed by atoms with E-state index in [9.17, 15) is 5.11 Å². The molecule has 3 atom stereocenters. The second-order valence-corrected chi connectivity index (χ2v) is 7.95. The molecule has 2 saturated carbocycles. The Balaban J connectivity index is 1.65. The first-order chi connectivity index (χ1) is 10.7. The van der Waals surface area contributed by atoms with Crippen LogP contribution in [0.5, 0.6) is 0 Å². The Morgan fingerprint density at radius 3 is 2.36 bits per heavy atom. The van der Waals surface area contributed by atoms with Gasteiger partial charge in [0.2, 0.25) is 0 Å². The molecule has 1 aromatic rings. The van der Waals surface area contributed by atoms with E-state index in [4.69, 9.17) is 4.74 Å². The van der Waals surface area contributed by atoms with Gasteiger partial charge in [-0.25, -0.2) is 0 Å². The quantitative estimate of drug-likeness (QED) is 0.921. The third-order valence-corrected chi connectivity index (χ3v) is 6.96. The van der Waals surface area contributed by atoms with Crippen molar-refractivity contribution in [3.63, 3.8) is 0 Å². The Hall–Kier alpha value is -0.860. The van der Waals surface area contributed by atoms with Crippen molar-refractivity contribution in [2.24, 2.45) is 17.3 Å². The van der Waals surface area contributed by atoms with Crippen LogP contribution in [0.2, 0.25) is 0 Å². The number of rotatable bonds is 3. The van der Waals surface area contributed by atoms with Crippen molar-refractivity contribution < 1.29 is 9.84 Å². The predicted molar refractivity (Wildman–Crippen MR) is 87.8 cm³/mol. The number of aliphatic hydroxyl groups is 1. The monoisotopic (exact) mass is 300 g/mol. The van der Waals surface area contributed by atoms with Crippen LogP contribution in [0.3, 0.4) is 0 Å². The number of fused-ring (bicyclic) bond motifs is 1. The fourth-order valence-corrected chi connectivity index (χ4v) is 6.18. The van der Waals surface area contributed by atoms with Crippen molar-refractivity contribution in [2.45, 2.75) is 57.0 Å². The number of hydrogen-bond donors (Lipinski definition) is 1. The lowest BCUT2D eigenvalue weighted by Gasteiger charge is -2.44. The first-order valence-corrected chi connectivity index (χ1v) is 8.96. The first-order valence-electron chi connectivity index (χ1n) is 8.96. The van der Waals surface area contributed by atoms with E-state index in [2.05, 4.69) is 24.3 Å². The maximum Gasteiger partial charge on any atom is 0.0761 e. The maximum atomic E-state index is 11.6. The molecule has 120 valence electrons. The smallest absolute Gasteiger partial charge is 0.0761 e. The highest BCUT2D eigenvalue weighted by molar-refractivity contribution is 5.36. The molecule has 2 fully saturated rings. The SMILES string of the molecule is COC[C@@H]1CCC[C@@]12CCC[C@H]2C1(O)Cc2ccccc2C1. The molecule has 2 heteroatoms.